The van der Waals surface area contributed by atoms with Crippen molar-refractivity contribution in [2.24, 2.45) is 5.92 Å². The molecular weight excluding hydrogens is 270 g/mol. The van der Waals surface area contributed by atoms with E-state index in [9.17, 15) is 4.79 Å². The molecule has 22 heavy (non-hydrogen) atoms. The number of hydrogen-bond acceptors (Lipinski definition) is 2. The van der Waals surface area contributed by atoms with Gasteiger partial charge in [-0.3, -0.25) is 4.79 Å². The summed E-state index contributed by atoms with van der Waals surface area (Å²) in [5, 5.41) is 3.70. The van der Waals surface area contributed by atoms with Crippen LogP contribution >= 0.6 is 0 Å². The van der Waals surface area contributed by atoms with Gasteiger partial charge in [0.2, 0.25) is 0 Å². The molecule has 0 fully saturated rings. The van der Waals surface area contributed by atoms with E-state index in [2.05, 4.69) is 59.9 Å². The van der Waals surface area contributed by atoms with Crippen molar-refractivity contribution in [2.75, 3.05) is 5.32 Å². The van der Waals surface area contributed by atoms with Crippen molar-refractivity contribution in [1.82, 2.24) is 0 Å². The first-order chi connectivity index (χ1) is 10.7. The minimum atomic E-state index is 0.131. The molecule has 1 N–H and O–H groups in total. The summed E-state index contributed by atoms with van der Waals surface area (Å²) in [5.74, 6) is 1.06. The van der Waals surface area contributed by atoms with E-state index in [4.69, 9.17) is 0 Å². The molecule has 2 aliphatic rings. The number of ketones is 1. The topological polar surface area (TPSA) is 29.1 Å². The Morgan fingerprint density at radius 3 is 2.73 bits per heavy atom. The zero-order chi connectivity index (χ0) is 15.1. The molecule has 1 heterocycles. The average molecular weight is 289 g/mol. The van der Waals surface area contributed by atoms with Gasteiger partial charge in [-0.2, -0.15) is 0 Å². The SMILES string of the molecule is CC(=O)c1ccc2c(c1)C1C=CCC1C(c1ccccc1)N2. The number of fused-ring (bicyclic) bond motifs is 3. The molecule has 0 aromatic heterocycles. The number of allylic oxidation sites excluding steroid dienone is 2. The lowest BCUT2D eigenvalue weighted by molar-refractivity contribution is 0.101. The van der Waals surface area contributed by atoms with E-state index < -0.39 is 0 Å². The first-order valence-electron chi connectivity index (χ1n) is 7.87. The highest BCUT2D eigenvalue weighted by molar-refractivity contribution is 5.95. The zero-order valence-electron chi connectivity index (χ0n) is 12.6. The molecule has 1 aliphatic heterocycles. The Bertz CT molecular complexity index is 748. The minimum absolute atomic E-state index is 0.131. The van der Waals surface area contributed by atoms with Gasteiger partial charge in [-0.25, -0.2) is 0 Å². The van der Waals surface area contributed by atoms with Gasteiger partial charge in [-0.1, -0.05) is 42.5 Å². The second-order valence-corrected chi connectivity index (χ2v) is 6.24. The largest absolute Gasteiger partial charge is 0.378 e. The molecule has 0 bridgehead atoms. The van der Waals surface area contributed by atoms with Gasteiger partial charge >= 0.3 is 0 Å². The second-order valence-electron chi connectivity index (χ2n) is 6.24. The van der Waals surface area contributed by atoms with Crippen LogP contribution in [-0.4, -0.2) is 5.78 Å². The summed E-state index contributed by atoms with van der Waals surface area (Å²) in [4.78, 5) is 11.7. The monoisotopic (exact) mass is 289 g/mol. The molecule has 0 saturated carbocycles. The molecule has 2 heteroatoms. The number of nitrogens with one attached hydrogen (secondary N) is 1. The molecule has 3 unspecified atom stereocenters. The Balaban J connectivity index is 1.79. The van der Waals surface area contributed by atoms with Crippen LogP contribution in [0.3, 0.4) is 0 Å². The lowest BCUT2D eigenvalue weighted by Gasteiger charge is -2.37. The molecule has 0 spiro atoms. The van der Waals surface area contributed by atoms with Crippen molar-refractivity contribution in [2.45, 2.75) is 25.3 Å². The number of hydrogen-bond donors (Lipinski definition) is 1. The minimum Gasteiger partial charge on any atom is -0.378 e. The quantitative estimate of drug-likeness (QED) is 0.640. The summed E-state index contributed by atoms with van der Waals surface area (Å²) >= 11 is 0. The third kappa shape index (κ3) is 2.07. The predicted molar refractivity (Wildman–Crippen MR) is 89.2 cm³/mol. The highest BCUT2D eigenvalue weighted by Gasteiger charge is 2.37. The number of carbonyl (C=O) groups is 1. The van der Waals surface area contributed by atoms with Crippen molar-refractivity contribution < 1.29 is 4.79 Å². The summed E-state index contributed by atoms with van der Waals surface area (Å²) in [7, 11) is 0. The lowest BCUT2D eigenvalue weighted by Crippen LogP contribution is -2.29. The first kappa shape index (κ1) is 13.3. The first-order valence-corrected chi connectivity index (χ1v) is 7.87. The van der Waals surface area contributed by atoms with Gasteiger partial charge in [0.1, 0.15) is 0 Å². The van der Waals surface area contributed by atoms with Crippen molar-refractivity contribution in [3.63, 3.8) is 0 Å². The fraction of sp³-hybridized carbons (Fsp3) is 0.250. The van der Waals surface area contributed by atoms with E-state index in [1.165, 1.54) is 11.1 Å². The summed E-state index contributed by atoms with van der Waals surface area (Å²) in [5.41, 5.74) is 4.56. The van der Waals surface area contributed by atoms with Crippen LogP contribution in [0, 0.1) is 5.92 Å². The molecule has 3 atom stereocenters. The summed E-state index contributed by atoms with van der Waals surface area (Å²) in [6.45, 7) is 1.63. The summed E-state index contributed by atoms with van der Waals surface area (Å²) in [6.07, 6.45) is 5.67. The zero-order valence-corrected chi connectivity index (χ0v) is 12.6. The average Bonchev–Trinajstić information content (AvgIpc) is 3.04. The Kier molecular flexibility index (Phi) is 3.11. The number of Topliss-reactive ketones (excluding diaryl/α,β-unsaturated/α-hetero) is 1. The van der Waals surface area contributed by atoms with Crippen molar-refractivity contribution in [3.05, 3.63) is 77.4 Å². The van der Waals surface area contributed by atoms with Gasteiger partial charge in [0.15, 0.2) is 5.78 Å². The van der Waals surface area contributed by atoms with Gasteiger partial charge in [0.05, 0.1) is 6.04 Å². The van der Waals surface area contributed by atoms with Crippen molar-refractivity contribution in [1.29, 1.82) is 0 Å². The van der Waals surface area contributed by atoms with Gasteiger partial charge in [-0.15, -0.1) is 0 Å². The fourth-order valence-corrected chi connectivity index (χ4v) is 3.80. The third-order valence-electron chi connectivity index (χ3n) is 4.93. The summed E-state index contributed by atoms with van der Waals surface area (Å²) < 4.78 is 0. The number of anilines is 1. The maximum absolute atomic E-state index is 11.7. The van der Waals surface area contributed by atoms with Gasteiger partial charge in [-0.05, 0) is 48.6 Å². The standard InChI is InChI=1S/C20H19NO/c1-13(22)15-10-11-19-18(12-15)16-8-5-9-17(16)20(21-19)14-6-3-2-4-7-14/h2-8,10-12,16-17,20-21H,9H2,1H3. The molecule has 1 aliphatic carbocycles. The molecule has 2 aromatic rings. The molecule has 0 amide bonds. The Morgan fingerprint density at radius 1 is 1.14 bits per heavy atom. The molecule has 2 nitrogen and oxygen atoms in total. The van der Waals surface area contributed by atoms with Crippen molar-refractivity contribution >= 4 is 11.5 Å². The number of rotatable bonds is 2. The smallest absolute Gasteiger partial charge is 0.159 e. The van der Waals surface area contributed by atoms with Crippen LogP contribution in [-0.2, 0) is 0 Å². The van der Waals surface area contributed by atoms with Crippen LogP contribution in [0.15, 0.2) is 60.7 Å². The molecule has 0 radical (unpaired) electrons. The highest BCUT2D eigenvalue weighted by Crippen LogP contribution is 2.49. The molecule has 110 valence electrons. The van der Waals surface area contributed by atoms with E-state index in [1.807, 2.05) is 6.07 Å². The van der Waals surface area contributed by atoms with Crippen LogP contribution in [0.4, 0.5) is 5.69 Å². The molecular formula is C20H19NO. The molecule has 2 aromatic carbocycles. The van der Waals surface area contributed by atoms with Crippen LogP contribution < -0.4 is 5.32 Å². The Hall–Kier alpha value is -2.35. The Labute approximate surface area is 130 Å². The van der Waals surface area contributed by atoms with E-state index in [1.54, 1.807) is 6.92 Å². The van der Waals surface area contributed by atoms with Crippen molar-refractivity contribution in [3.8, 4) is 0 Å². The number of benzene rings is 2. The van der Waals surface area contributed by atoms with Crippen LogP contribution in [0.5, 0.6) is 0 Å². The van der Waals surface area contributed by atoms with Gasteiger partial charge in [0.25, 0.3) is 0 Å². The fourth-order valence-electron chi connectivity index (χ4n) is 3.80. The third-order valence-corrected chi connectivity index (χ3v) is 4.93. The maximum atomic E-state index is 11.7. The van der Waals surface area contributed by atoms with Crippen LogP contribution in [0.1, 0.15) is 46.8 Å². The second kappa shape index (κ2) is 5.13. The Morgan fingerprint density at radius 2 is 1.95 bits per heavy atom. The normalized spacial score (nSPS) is 25.2. The van der Waals surface area contributed by atoms with Crippen LogP contribution in [0.2, 0.25) is 0 Å². The molecule has 0 saturated heterocycles. The summed E-state index contributed by atoms with van der Waals surface area (Å²) in [6, 6.07) is 17.0. The van der Waals surface area contributed by atoms with E-state index in [-0.39, 0.29) is 5.78 Å². The van der Waals surface area contributed by atoms with Gasteiger partial charge in [0, 0.05) is 17.2 Å². The number of carbonyl (C=O) groups excluding carboxylic acids is 1. The van der Waals surface area contributed by atoms with E-state index in [0.29, 0.717) is 17.9 Å². The maximum Gasteiger partial charge on any atom is 0.159 e. The lowest BCUT2D eigenvalue weighted by atomic mass is 9.76. The van der Waals surface area contributed by atoms with Crippen LogP contribution in [0.25, 0.3) is 0 Å². The molecule has 4 rings (SSSR count). The van der Waals surface area contributed by atoms with Gasteiger partial charge < -0.3 is 5.32 Å². The van der Waals surface area contributed by atoms with E-state index >= 15 is 0 Å². The highest BCUT2D eigenvalue weighted by atomic mass is 16.1. The van der Waals surface area contributed by atoms with E-state index in [0.717, 1.165) is 17.7 Å². The predicted octanol–water partition coefficient (Wildman–Crippen LogP) is 4.72.